The molecule has 4 atom stereocenters. The van der Waals surface area contributed by atoms with Crippen molar-refractivity contribution in [3.8, 4) is 0 Å². The van der Waals surface area contributed by atoms with Crippen LogP contribution < -0.4 is 22.1 Å². The van der Waals surface area contributed by atoms with Crippen LogP contribution in [0.4, 0.5) is 0 Å². The van der Waals surface area contributed by atoms with Crippen molar-refractivity contribution < 1.29 is 14.4 Å². The third-order valence-corrected chi connectivity index (χ3v) is 8.15. The first-order valence-electron chi connectivity index (χ1n) is 14.3. The minimum Gasteiger partial charge on any atom is -0.349 e. The van der Waals surface area contributed by atoms with Crippen LogP contribution in [0, 0.1) is 24.7 Å². The lowest BCUT2D eigenvalue weighted by molar-refractivity contribution is -0.135. The Morgan fingerprint density at radius 1 is 1.08 bits per heavy atom. The van der Waals surface area contributed by atoms with E-state index in [0.29, 0.717) is 50.7 Å². The average molecular weight is 527 g/mol. The molecule has 2 aliphatic carbocycles. The maximum Gasteiger partial charge on any atom is 0.243 e. The Balaban J connectivity index is 1.66. The summed E-state index contributed by atoms with van der Waals surface area (Å²) in [6, 6.07) is 8.13. The summed E-state index contributed by atoms with van der Waals surface area (Å²) in [6.07, 6.45) is 7.12. The molecular weight excluding hydrogens is 478 g/mol. The largest absolute Gasteiger partial charge is 0.349 e. The van der Waals surface area contributed by atoms with E-state index in [1.807, 2.05) is 30.3 Å². The third kappa shape index (κ3) is 8.73. The number of hydrogen-bond donors (Lipinski definition) is 4. The highest BCUT2D eigenvalue weighted by Crippen LogP contribution is 2.46. The van der Waals surface area contributed by atoms with E-state index in [1.54, 1.807) is 4.90 Å². The molecule has 0 heterocycles. The van der Waals surface area contributed by atoms with Crippen molar-refractivity contribution in [2.45, 2.75) is 89.3 Å². The number of nitrogens with two attached hydrogens (primary N) is 2. The second-order valence-electron chi connectivity index (χ2n) is 11.9. The molecular formula is C30H48N5O3+. The van der Waals surface area contributed by atoms with Crippen LogP contribution in [0.25, 0.3) is 0 Å². The van der Waals surface area contributed by atoms with Crippen molar-refractivity contribution in [1.82, 2.24) is 15.5 Å². The average Bonchev–Trinajstić information content (AvgIpc) is 2.85. The molecule has 2 aliphatic rings. The van der Waals surface area contributed by atoms with Gasteiger partial charge in [0.25, 0.3) is 0 Å². The molecule has 0 spiro atoms. The number of rotatable bonds is 13. The molecule has 0 aromatic heterocycles. The van der Waals surface area contributed by atoms with Crippen LogP contribution in [-0.4, -0.2) is 59.9 Å². The Morgan fingerprint density at radius 2 is 1.74 bits per heavy atom. The lowest BCUT2D eigenvalue weighted by Gasteiger charge is -2.48. The molecule has 2 bridgehead atoms. The Kier molecular flexibility index (Phi) is 11.0. The van der Waals surface area contributed by atoms with E-state index in [2.05, 4.69) is 31.4 Å². The zero-order valence-electron chi connectivity index (χ0n) is 23.3. The molecule has 4 unspecified atom stereocenters. The summed E-state index contributed by atoms with van der Waals surface area (Å²) in [6.45, 7) is 9.46. The normalized spacial score (nSPS) is 26.2. The standard InChI is InChI=1S/C30H47N5O3/c1-4-13-35(14-12-31)27(36)18-25(32)28(37)33-26(11-10-22-8-6-5-7-9-22)29(38)34-30(3)19-23-15-21(2)16-24(17-23)20-30/h5-9,21,23-26H,1,4,10-20,31-32H2,2-3H3,(H-,33,34,37,38)/p+1. The molecule has 8 nitrogen and oxygen atoms in total. The number of fused-ring (bicyclic) bond motifs is 2. The van der Waals surface area contributed by atoms with E-state index in [9.17, 15) is 14.4 Å². The molecule has 6 N–H and O–H groups in total. The highest BCUT2D eigenvalue weighted by molar-refractivity contribution is 5.92. The Bertz CT molecular complexity index is 900. The van der Waals surface area contributed by atoms with E-state index in [0.717, 1.165) is 24.3 Å². The van der Waals surface area contributed by atoms with E-state index >= 15 is 0 Å². The first-order chi connectivity index (χ1) is 18.1. The monoisotopic (exact) mass is 526 g/mol. The number of benzene rings is 1. The summed E-state index contributed by atoms with van der Waals surface area (Å²) in [5.74, 6) is 1.11. The number of nitrogens with one attached hydrogen (secondary N) is 2. The quantitative estimate of drug-likeness (QED) is 0.294. The van der Waals surface area contributed by atoms with Gasteiger partial charge in [0, 0.05) is 18.6 Å². The van der Waals surface area contributed by atoms with Gasteiger partial charge in [-0.2, -0.15) is 0 Å². The van der Waals surface area contributed by atoms with Crippen molar-refractivity contribution >= 4 is 17.7 Å². The molecule has 0 radical (unpaired) electrons. The van der Waals surface area contributed by atoms with Gasteiger partial charge >= 0.3 is 0 Å². The summed E-state index contributed by atoms with van der Waals surface area (Å²) < 4.78 is 0. The van der Waals surface area contributed by atoms with Crippen molar-refractivity contribution in [3.05, 3.63) is 42.8 Å². The van der Waals surface area contributed by atoms with Crippen molar-refractivity contribution in [1.29, 1.82) is 0 Å². The zero-order chi connectivity index (χ0) is 27.7. The fourth-order valence-electron chi connectivity index (χ4n) is 6.70. The minimum atomic E-state index is -1.05. The third-order valence-electron chi connectivity index (χ3n) is 8.15. The highest BCUT2D eigenvalue weighted by atomic mass is 16.2. The summed E-state index contributed by atoms with van der Waals surface area (Å²) in [4.78, 5) is 41.0. The summed E-state index contributed by atoms with van der Waals surface area (Å²) in [7, 11) is 0. The smallest absolute Gasteiger partial charge is 0.243 e. The SMILES string of the molecule is [CH2+]CCN(CCN)C(=O)CC(N)C(=O)NC(CCc1ccccc1)C(=O)NC1(C)CC2CC(C)CC(C2)C1. The summed E-state index contributed by atoms with van der Waals surface area (Å²) in [5.41, 5.74) is 12.6. The molecule has 1 aromatic rings. The van der Waals surface area contributed by atoms with Crippen molar-refractivity contribution in [2.24, 2.45) is 29.2 Å². The fourth-order valence-corrected chi connectivity index (χ4v) is 6.70. The number of nitrogens with zero attached hydrogens (tertiary/aromatic N) is 1. The van der Waals surface area contributed by atoms with Gasteiger partial charge in [-0.15, -0.1) is 0 Å². The van der Waals surface area contributed by atoms with E-state index in [-0.39, 0.29) is 23.8 Å². The van der Waals surface area contributed by atoms with Crippen LogP contribution >= 0.6 is 0 Å². The topological polar surface area (TPSA) is 131 Å². The van der Waals surface area contributed by atoms with Crippen LogP contribution in [0.2, 0.25) is 0 Å². The van der Waals surface area contributed by atoms with Crippen LogP contribution in [0.3, 0.4) is 0 Å². The molecule has 2 fully saturated rings. The van der Waals surface area contributed by atoms with Crippen LogP contribution in [0.5, 0.6) is 0 Å². The van der Waals surface area contributed by atoms with Gasteiger partial charge in [-0.3, -0.25) is 14.4 Å². The number of carbonyl (C=O) groups excluding carboxylic acids is 3. The zero-order valence-corrected chi connectivity index (χ0v) is 23.3. The first kappa shape index (κ1) is 30.0. The molecule has 210 valence electrons. The highest BCUT2D eigenvalue weighted by Gasteiger charge is 2.42. The van der Waals surface area contributed by atoms with Crippen LogP contribution in [0.15, 0.2) is 30.3 Å². The van der Waals surface area contributed by atoms with Gasteiger partial charge in [0.1, 0.15) is 12.5 Å². The fraction of sp³-hybridized carbons (Fsp3) is 0.667. The maximum absolute atomic E-state index is 13.6. The maximum atomic E-state index is 13.6. The van der Waals surface area contributed by atoms with Gasteiger partial charge < -0.3 is 27.0 Å². The lowest BCUT2D eigenvalue weighted by atomic mass is 9.62. The Morgan fingerprint density at radius 3 is 2.34 bits per heavy atom. The van der Waals surface area contributed by atoms with Gasteiger partial charge in [0.15, 0.2) is 0 Å². The molecule has 2 saturated carbocycles. The van der Waals surface area contributed by atoms with E-state index < -0.39 is 18.0 Å². The summed E-state index contributed by atoms with van der Waals surface area (Å²) in [5, 5.41) is 6.20. The summed E-state index contributed by atoms with van der Waals surface area (Å²) >= 11 is 0. The Hall–Kier alpha value is -2.58. The van der Waals surface area contributed by atoms with E-state index in [4.69, 9.17) is 11.5 Å². The molecule has 3 amide bonds. The van der Waals surface area contributed by atoms with Crippen LogP contribution in [0.1, 0.15) is 70.8 Å². The van der Waals surface area contributed by atoms with Gasteiger partial charge in [0.05, 0.1) is 25.9 Å². The predicted molar refractivity (Wildman–Crippen MR) is 151 cm³/mol. The Labute approximate surface area is 228 Å². The molecule has 0 aliphatic heterocycles. The van der Waals surface area contributed by atoms with Gasteiger partial charge in [-0.1, -0.05) is 37.3 Å². The molecule has 3 rings (SSSR count). The lowest BCUT2D eigenvalue weighted by Crippen LogP contribution is -2.59. The molecule has 38 heavy (non-hydrogen) atoms. The van der Waals surface area contributed by atoms with Gasteiger partial charge in [-0.05, 0) is 75.2 Å². The first-order valence-corrected chi connectivity index (χ1v) is 14.3. The van der Waals surface area contributed by atoms with Crippen molar-refractivity contribution in [3.63, 3.8) is 0 Å². The predicted octanol–water partition coefficient (Wildman–Crippen LogP) is 2.55. The minimum absolute atomic E-state index is 0.141. The second kappa shape index (κ2) is 14.0. The molecule has 0 saturated heterocycles. The number of carbonyl (C=O) groups is 3. The molecule has 1 aromatic carbocycles. The number of hydrogen-bond acceptors (Lipinski definition) is 5. The second-order valence-corrected chi connectivity index (χ2v) is 11.9. The molecule has 8 heteroatoms. The number of aryl methyl sites for hydroxylation is 1. The van der Waals surface area contributed by atoms with Crippen LogP contribution in [-0.2, 0) is 20.8 Å². The van der Waals surface area contributed by atoms with Gasteiger partial charge in [-0.25, -0.2) is 0 Å². The van der Waals surface area contributed by atoms with Gasteiger partial charge in [0.2, 0.25) is 17.7 Å². The number of amides is 3. The van der Waals surface area contributed by atoms with Crippen molar-refractivity contribution in [2.75, 3.05) is 19.6 Å². The van der Waals surface area contributed by atoms with E-state index in [1.165, 1.54) is 19.3 Å².